The van der Waals surface area contributed by atoms with Crippen LogP contribution >= 0.6 is 0 Å². The number of furan rings is 1. The van der Waals surface area contributed by atoms with Crippen LogP contribution in [0.15, 0.2) is 40.8 Å². The molecule has 2 heterocycles. The van der Waals surface area contributed by atoms with Crippen LogP contribution in [0.25, 0.3) is 11.3 Å². The van der Waals surface area contributed by atoms with E-state index in [0.717, 1.165) is 0 Å². The van der Waals surface area contributed by atoms with E-state index in [1.165, 1.54) is 37.3 Å². The number of carbonyl (C=O) groups excluding carboxylic acids is 2. The van der Waals surface area contributed by atoms with Crippen molar-refractivity contribution in [3.05, 3.63) is 48.0 Å². The molecule has 1 aliphatic heterocycles. The highest BCUT2D eigenvalue weighted by Gasteiger charge is 2.31. The van der Waals surface area contributed by atoms with Crippen molar-refractivity contribution in [3.8, 4) is 11.3 Å². The Hall–Kier alpha value is -2.68. The number of hydrogen-bond donors (Lipinski definition) is 1. The average molecular weight is 395 g/mol. The molecule has 1 aliphatic rings. The minimum absolute atomic E-state index is 0.0251. The molecule has 2 atom stereocenters. The molecule has 0 spiro atoms. The lowest BCUT2D eigenvalue weighted by atomic mass is 10.1. The molecule has 144 valence electrons. The van der Waals surface area contributed by atoms with Crippen LogP contribution in [0, 0.1) is 5.82 Å². The second kappa shape index (κ2) is 7.51. The van der Waals surface area contributed by atoms with Crippen molar-refractivity contribution in [3.63, 3.8) is 0 Å². The van der Waals surface area contributed by atoms with Gasteiger partial charge in [-0.3, -0.25) is 4.79 Å². The molecule has 1 fully saturated rings. The zero-order chi connectivity index (χ0) is 19.6. The first-order chi connectivity index (χ1) is 12.7. The molecule has 3 rings (SSSR count). The predicted molar refractivity (Wildman–Crippen MR) is 94.2 cm³/mol. The van der Waals surface area contributed by atoms with Gasteiger partial charge in [0.25, 0.3) is 5.91 Å². The van der Waals surface area contributed by atoms with Gasteiger partial charge in [0.2, 0.25) is 5.76 Å². The Balaban J connectivity index is 1.60. The second-order valence-corrected chi connectivity index (χ2v) is 8.53. The van der Waals surface area contributed by atoms with Gasteiger partial charge >= 0.3 is 5.97 Å². The standard InChI is InChI=1S/C18H18FNO6S/c1-11(17(21)20-12-8-9-27(23,24)10-12)25-18(22)16-7-6-15(26-16)13-4-2-3-5-14(13)19/h2-7,11-12H,8-10H2,1H3,(H,20,21)/t11-,12+/m1/s1. The van der Waals surface area contributed by atoms with Gasteiger partial charge < -0.3 is 14.5 Å². The molecule has 1 N–H and O–H groups in total. The number of hydrogen-bond acceptors (Lipinski definition) is 6. The van der Waals surface area contributed by atoms with Crippen molar-refractivity contribution in [2.24, 2.45) is 0 Å². The van der Waals surface area contributed by atoms with E-state index < -0.39 is 39.7 Å². The minimum Gasteiger partial charge on any atom is -0.449 e. The fourth-order valence-electron chi connectivity index (χ4n) is 2.75. The Morgan fingerprint density at radius 2 is 2.00 bits per heavy atom. The fourth-order valence-corrected chi connectivity index (χ4v) is 4.43. The molecule has 1 aromatic heterocycles. The summed E-state index contributed by atoms with van der Waals surface area (Å²) < 4.78 is 47.0. The average Bonchev–Trinajstić information content (AvgIpc) is 3.22. The monoisotopic (exact) mass is 395 g/mol. The SMILES string of the molecule is C[C@@H](OC(=O)c1ccc(-c2ccccc2F)o1)C(=O)N[C@H]1CCS(=O)(=O)C1. The first kappa shape index (κ1) is 19.1. The predicted octanol–water partition coefficient (Wildman–Crippen LogP) is 1.93. The summed E-state index contributed by atoms with van der Waals surface area (Å²) in [6.45, 7) is 1.37. The summed E-state index contributed by atoms with van der Waals surface area (Å²) in [5.41, 5.74) is 0.199. The molecule has 0 unspecified atom stereocenters. The summed E-state index contributed by atoms with van der Waals surface area (Å²) >= 11 is 0. The van der Waals surface area contributed by atoms with E-state index in [1.54, 1.807) is 6.07 Å². The van der Waals surface area contributed by atoms with Crippen LogP contribution in [0.3, 0.4) is 0 Å². The van der Waals surface area contributed by atoms with E-state index in [1.807, 2.05) is 0 Å². The van der Waals surface area contributed by atoms with Crippen molar-refractivity contribution in [2.75, 3.05) is 11.5 Å². The van der Waals surface area contributed by atoms with E-state index in [2.05, 4.69) is 5.32 Å². The third-order valence-corrected chi connectivity index (χ3v) is 5.95. The Kier molecular flexibility index (Phi) is 5.31. The van der Waals surface area contributed by atoms with Gasteiger partial charge in [0.05, 0.1) is 17.1 Å². The summed E-state index contributed by atoms with van der Waals surface area (Å²) in [6, 6.07) is 8.23. The summed E-state index contributed by atoms with van der Waals surface area (Å²) in [6.07, 6.45) is -0.804. The molecule has 9 heteroatoms. The maximum Gasteiger partial charge on any atom is 0.375 e. The molecular formula is C18H18FNO6S. The first-order valence-electron chi connectivity index (χ1n) is 8.32. The lowest BCUT2D eigenvalue weighted by Crippen LogP contribution is -2.42. The van der Waals surface area contributed by atoms with Gasteiger partial charge in [0.1, 0.15) is 11.6 Å². The van der Waals surface area contributed by atoms with E-state index in [0.29, 0.717) is 6.42 Å². The Morgan fingerprint density at radius 3 is 2.67 bits per heavy atom. The summed E-state index contributed by atoms with van der Waals surface area (Å²) in [5.74, 6) is -2.07. The number of ether oxygens (including phenoxy) is 1. The van der Waals surface area contributed by atoms with Crippen LogP contribution in [0.2, 0.25) is 0 Å². The number of rotatable bonds is 5. The number of nitrogens with one attached hydrogen (secondary N) is 1. The maximum absolute atomic E-state index is 13.8. The van der Waals surface area contributed by atoms with Crippen molar-refractivity contribution in [2.45, 2.75) is 25.5 Å². The van der Waals surface area contributed by atoms with Crippen molar-refractivity contribution >= 4 is 21.7 Å². The lowest BCUT2D eigenvalue weighted by Gasteiger charge is -2.16. The van der Waals surface area contributed by atoms with Crippen LogP contribution in [-0.2, 0) is 19.4 Å². The van der Waals surface area contributed by atoms with E-state index >= 15 is 0 Å². The normalized spacial score (nSPS) is 19.4. The molecular weight excluding hydrogens is 377 g/mol. The molecule has 0 radical (unpaired) electrons. The van der Waals surface area contributed by atoms with Crippen molar-refractivity contribution in [1.82, 2.24) is 5.32 Å². The van der Waals surface area contributed by atoms with E-state index in [-0.39, 0.29) is 28.6 Å². The highest BCUT2D eigenvalue weighted by molar-refractivity contribution is 7.91. The number of halogens is 1. The number of esters is 1. The summed E-state index contributed by atoms with van der Waals surface area (Å²) in [7, 11) is -3.13. The van der Waals surface area contributed by atoms with Gasteiger partial charge in [-0.1, -0.05) is 12.1 Å². The van der Waals surface area contributed by atoms with E-state index in [9.17, 15) is 22.4 Å². The first-order valence-corrected chi connectivity index (χ1v) is 10.1. The second-order valence-electron chi connectivity index (χ2n) is 6.30. The molecule has 7 nitrogen and oxygen atoms in total. The maximum atomic E-state index is 13.8. The molecule has 1 amide bonds. The van der Waals surface area contributed by atoms with Gasteiger partial charge in [0, 0.05) is 6.04 Å². The molecule has 0 aliphatic carbocycles. The molecule has 27 heavy (non-hydrogen) atoms. The number of benzene rings is 1. The van der Waals surface area contributed by atoms with Gasteiger partial charge in [-0.25, -0.2) is 17.6 Å². The molecule has 0 bridgehead atoms. The number of carbonyl (C=O) groups is 2. The quantitative estimate of drug-likeness (QED) is 0.776. The third-order valence-electron chi connectivity index (χ3n) is 4.18. The Morgan fingerprint density at radius 1 is 1.26 bits per heavy atom. The van der Waals surface area contributed by atoms with Crippen LogP contribution in [0.5, 0.6) is 0 Å². The van der Waals surface area contributed by atoms with E-state index in [4.69, 9.17) is 9.15 Å². The number of sulfone groups is 1. The molecule has 2 aromatic rings. The van der Waals surface area contributed by atoms with Crippen LogP contribution in [0.1, 0.15) is 23.9 Å². The zero-order valence-electron chi connectivity index (χ0n) is 14.5. The molecule has 1 aromatic carbocycles. The van der Waals surface area contributed by atoms with Gasteiger partial charge in [-0.2, -0.15) is 0 Å². The van der Waals surface area contributed by atoms with Gasteiger partial charge in [0.15, 0.2) is 15.9 Å². The van der Waals surface area contributed by atoms with Crippen LogP contribution in [-0.4, -0.2) is 43.9 Å². The highest BCUT2D eigenvalue weighted by atomic mass is 32.2. The van der Waals surface area contributed by atoms with Gasteiger partial charge in [-0.05, 0) is 37.6 Å². The smallest absolute Gasteiger partial charge is 0.375 e. The molecule has 1 saturated heterocycles. The topological polar surface area (TPSA) is 103 Å². The van der Waals surface area contributed by atoms with Crippen LogP contribution in [0.4, 0.5) is 4.39 Å². The Labute approximate surface area is 155 Å². The molecule has 0 saturated carbocycles. The number of amides is 1. The minimum atomic E-state index is -3.13. The van der Waals surface area contributed by atoms with Crippen molar-refractivity contribution < 1.29 is 31.6 Å². The Bertz CT molecular complexity index is 968. The van der Waals surface area contributed by atoms with Gasteiger partial charge in [-0.15, -0.1) is 0 Å². The summed E-state index contributed by atoms with van der Waals surface area (Å²) in [4.78, 5) is 24.2. The third kappa shape index (κ3) is 4.54. The largest absolute Gasteiger partial charge is 0.449 e. The fraction of sp³-hybridized carbons (Fsp3) is 0.333. The van der Waals surface area contributed by atoms with Crippen molar-refractivity contribution in [1.29, 1.82) is 0 Å². The summed E-state index contributed by atoms with van der Waals surface area (Å²) in [5, 5.41) is 2.55. The lowest BCUT2D eigenvalue weighted by molar-refractivity contribution is -0.129. The van der Waals surface area contributed by atoms with Crippen LogP contribution < -0.4 is 5.32 Å². The zero-order valence-corrected chi connectivity index (χ0v) is 15.3. The highest BCUT2D eigenvalue weighted by Crippen LogP contribution is 2.25.